The lowest BCUT2D eigenvalue weighted by atomic mass is 10.0. The van der Waals surface area contributed by atoms with Crippen LogP contribution in [0.5, 0.6) is 5.75 Å². The molecule has 1 aromatic heterocycles. The third-order valence-electron chi connectivity index (χ3n) is 4.44. The first-order valence-electron chi connectivity index (χ1n) is 8.61. The van der Waals surface area contributed by atoms with Crippen LogP contribution in [-0.4, -0.2) is 38.6 Å². The van der Waals surface area contributed by atoms with E-state index >= 15 is 0 Å². The molecule has 0 radical (unpaired) electrons. The molecule has 6 heteroatoms. The normalized spacial score (nSPS) is 12.1. The van der Waals surface area contributed by atoms with Crippen LogP contribution in [0.1, 0.15) is 22.2 Å². The molecule has 6 nitrogen and oxygen atoms in total. The van der Waals surface area contributed by atoms with Gasteiger partial charge in [-0.15, -0.1) is 0 Å². The molecule has 3 aromatic rings. The van der Waals surface area contributed by atoms with E-state index in [2.05, 4.69) is 5.32 Å². The molecule has 0 aliphatic carbocycles. The van der Waals surface area contributed by atoms with Crippen molar-refractivity contribution in [3.05, 3.63) is 76.1 Å². The average molecular weight is 366 g/mol. The minimum Gasteiger partial charge on any atom is -0.496 e. The highest BCUT2D eigenvalue weighted by molar-refractivity contribution is 5.93. The Labute approximate surface area is 157 Å². The van der Waals surface area contributed by atoms with Gasteiger partial charge in [0, 0.05) is 18.2 Å². The molecule has 140 valence electrons. The predicted octanol–water partition coefficient (Wildman–Crippen LogP) is 2.83. The number of carbonyl (C=O) groups excluding carboxylic acids is 1. The third-order valence-corrected chi connectivity index (χ3v) is 4.44. The number of carbonyl (C=O) groups is 1. The fourth-order valence-electron chi connectivity index (χ4n) is 3.00. The summed E-state index contributed by atoms with van der Waals surface area (Å²) >= 11 is 0. The van der Waals surface area contributed by atoms with Crippen LogP contribution in [0.25, 0.3) is 11.0 Å². The van der Waals surface area contributed by atoms with Crippen molar-refractivity contribution < 1.29 is 13.9 Å². The van der Waals surface area contributed by atoms with Crippen molar-refractivity contribution in [2.75, 3.05) is 27.7 Å². The highest BCUT2D eigenvalue weighted by atomic mass is 16.5. The first kappa shape index (κ1) is 18.7. The number of amides is 1. The van der Waals surface area contributed by atoms with Crippen LogP contribution in [0.3, 0.4) is 0 Å². The molecule has 0 aliphatic heterocycles. The van der Waals surface area contributed by atoms with E-state index in [1.807, 2.05) is 43.3 Å². The lowest BCUT2D eigenvalue weighted by Gasteiger charge is -2.26. The molecule has 1 heterocycles. The zero-order valence-electron chi connectivity index (χ0n) is 15.6. The summed E-state index contributed by atoms with van der Waals surface area (Å²) in [5.41, 5.74) is 1.12. The Morgan fingerprint density at radius 2 is 1.85 bits per heavy atom. The number of methoxy groups -OCH3 is 1. The van der Waals surface area contributed by atoms with E-state index in [9.17, 15) is 9.59 Å². The van der Waals surface area contributed by atoms with Crippen LogP contribution in [-0.2, 0) is 0 Å². The third kappa shape index (κ3) is 4.01. The van der Waals surface area contributed by atoms with E-state index in [0.717, 1.165) is 11.3 Å². The number of nitrogens with zero attached hydrogens (tertiary/aromatic N) is 1. The molecule has 0 fully saturated rings. The van der Waals surface area contributed by atoms with E-state index in [0.29, 0.717) is 17.5 Å². The summed E-state index contributed by atoms with van der Waals surface area (Å²) in [6.45, 7) is 0.336. The van der Waals surface area contributed by atoms with Crippen molar-refractivity contribution in [2.45, 2.75) is 6.04 Å². The van der Waals surface area contributed by atoms with Gasteiger partial charge in [0.2, 0.25) is 0 Å². The van der Waals surface area contributed by atoms with Gasteiger partial charge >= 0.3 is 0 Å². The number of hydrogen-bond acceptors (Lipinski definition) is 5. The van der Waals surface area contributed by atoms with Crippen LogP contribution in [0, 0.1) is 0 Å². The maximum Gasteiger partial charge on any atom is 0.287 e. The largest absolute Gasteiger partial charge is 0.496 e. The van der Waals surface area contributed by atoms with Crippen LogP contribution in [0.4, 0.5) is 0 Å². The number of para-hydroxylation sites is 2. The zero-order chi connectivity index (χ0) is 19.4. The number of rotatable bonds is 6. The molecule has 0 saturated carbocycles. The molecule has 1 unspecified atom stereocenters. The number of benzene rings is 2. The van der Waals surface area contributed by atoms with Gasteiger partial charge in [-0.1, -0.05) is 30.3 Å². The van der Waals surface area contributed by atoms with Gasteiger partial charge < -0.3 is 19.4 Å². The van der Waals surface area contributed by atoms with Gasteiger partial charge in [-0.3, -0.25) is 9.59 Å². The van der Waals surface area contributed by atoms with E-state index in [1.54, 1.807) is 31.4 Å². The molecule has 0 bridgehead atoms. The Morgan fingerprint density at radius 3 is 2.59 bits per heavy atom. The summed E-state index contributed by atoms with van der Waals surface area (Å²) in [6.07, 6.45) is 0. The Balaban J connectivity index is 1.82. The first-order chi connectivity index (χ1) is 13.0. The molecule has 0 spiro atoms. The van der Waals surface area contributed by atoms with Crippen LogP contribution < -0.4 is 15.5 Å². The van der Waals surface area contributed by atoms with Crippen molar-refractivity contribution in [1.29, 1.82) is 0 Å². The van der Waals surface area contributed by atoms with Crippen molar-refractivity contribution in [3.63, 3.8) is 0 Å². The quantitative estimate of drug-likeness (QED) is 0.726. The molecule has 3 rings (SSSR count). The second kappa shape index (κ2) is 8.05. The SMILES string of the molecule is COc1ccccc1C(CNC(=O)c1cc(=O)c2ccccc2o1)N(C)C. The molecule has 0 saturated heterocycles. The second-order valence-electron chi connectivity index (χ2n) is 6.40. The van der Waals surface area contributed by atoms with Gasteiger partial charge in [0.15, 0.2) is 11.2 Å². The number of hydrogen-bond donors (Lipinski definition) is 1. The van der Waals surface area contributed by atoms with Gasteiger partial charge in [-0.05, 0) is 32.3 Å². The van der Waals surface area contributed by atoms with Gasteiger partial charge in [0.1, 0.15) is 11.3 Å². The standard InChI is InChI=1S/C21H22N2O4/c1-23(2)16(14-8-4-6-10-18(14)26-3)13-22-21(25)20-12-17(24)15-9-5-7-11-19(15)27-20/h4-12,16H,13H2,1-3H3,(H,22,25). The van der Waals surface area contributed by atoms with Crippen LogP contribution in [0.15, 0.2) is 63.8 Å². The summed E-state index contributed by atoms with van der Waals surface area (Å²) in [4.78, 5) is 26.7. The number of ether oxygens (including phenoxy) is 1. The summed E-state index contributed by atoms with van der Waals surface area (Å²) in [6, 6.07) is 15.7. The van der Waals surface area contributed by atoms with Gasteiger partial charge in [0.25, 0.3) is 5.91 Å². The van der Waals surface area contributed by atoms with Crippen molar-refractivity contribution in [2.24, 2.45) is 0 Å². The second-order valence-corrected chi connectivity index (χ2v) is 6.40. The summed E-state index contributed by atoms with van der Waals surface area (Å²) in [7, 11) is 5.48. The lowest BCUT2D eigenvalue weighted by Crippen LogP contribution is -2.35. The fraction of sp³-hybridized carbons (Fsp3) is 0.238. The number of nitrogens with one attached hydrogen (secondary N) is 1. The van der Waals surface area contributed by atoms with Crippen molar-refractivity contribution >= 4 is 16.9 Å². The maximum absolute atomic E-state index is 12.6. The van der Waals surface area contributed by atoms with Gasteiger partial charge in [0.05, 0.1) is 18.5 Å². The average Bonchev–Trinajstić information content (AvgIpc) is 2.68. The van der Waals surface area contributed by atoms with E-state index in [-0.39, 0.29) is 17.2 Å². The molecule has 0 aliphatic rings. The topological polar surface area (TPSA) is 71.8 Å². The monoisotopic (exact) mass is 366 g/mol. The zero-order valence-corrected chi connectivity index (χ0v) is 15.6. The Hall–Kier alpha value is -3.12. The maximum atomic E-state index is 12.6. The Morgan fingerprint density at radius 1 is 1.15 bits per heavy atom. The van der Waals surface area contributed by atoms with Crippen LogP contribution >= 0.6 is 0 Å². The van der Waals surface area contributed by atoms with E-state index in [4.69, 9.17) is 9.15 Å². The minimum atomic E-state index is -0.431. The van der Waals surface area contributed by atoms with E-state index < -0.39 is 5.91 Å². The smallest absolute Gasteiger partial charge is 0.287 e. The summed E-state index contributed by atoms with van der Waals surface area (Å²) in [5, 5.41) is 3.31. The van der Waals surface area contributed by atoms with Crippen molar-refractivity contribution in [1.82, 2.24) is 10.2 Å². The number of likely N-dealkylation sites (N-methyl/N-ethyl adjacent to an activating group) is 1. The molecular weight excluding hydrogens is 344 g/mol. The molecule has 1 atom stereocenters. The number of fused-ring (bicyclic) bond motifs is 1. The van der Waals surface area contributed by atoms with E-state index in [1.165, 1.54) is 6.07 Å². The highest BCUT2D eigenvalue weighted by Gasteiger charge is 2.20. The first-order valence-corrected chi connectivity index (χ1v) is 8.61. The Kier molecular flexibility index (Phi) is 5.57. The van der Waals surface area contributed by atoms with Gasteiger partial charge in [-0.2, -0.15) is 0 Å². The predicted molar refractivity (Wildman–Crippen MR) is 104 cm³/mol. The van der Waals surface area contributed by atoms with Crippen LogP contribution in [0.2, 0.25) is 0 Å². The lowest BCUT2D eigenvalue weighted by molar-refractivity contribution is 0.0914. The molecule has 1 N–H and O–H groups in total. The summed E-state index contributed by atoms with van der Waals surface area (Å²) in [5.74, 6) is 0.318. The molecule has 27 heavy (non-hydrogen) atoms. The fourth-order valence-corrected chi connectivity index (χ4v) is 3.00. The summed E-state index contributed by atoms with van der Waals surface area (Å²) < 4.78 is 11.0. The molecular formula is C21H22N2O4. The Bertz CT molecular complexity index is 1010. The highest BCUT2D eigenvalue weighted by Crippen LogP contribution is 2.27. The van der Waals surface area contributed by atoms with Crippen molar-refractivity contribution in [3.8, 4) is 5.75 Å². The van der Waals surface area contributed by atoms with Gasteiger partial charge in [-0.25, -0.2) is 0 Å². The minimum absolute atomic E-state index is 0.00349. The molecule has 2 aromatic carbocycles. The molecule has 1 amide bonds.